The number of piperazine rings is 2. The number of carbonyl (C=O) groups excluding carboxylic acids is 2. The van der Waals surface area contributed by atoms with Gasteiger partial charge in [0.15, 0.2) is 5.82 Å². The highest BCUT2D eigenvalue weighted by atomic mass is 19.1. The molecule has 6 saturated heterocycles. The van der Waals surface area contributed by atoms with E-state index in [-0.39, 0.29) is 65.2 Å². The quantitative estimate of drug-likeness (QED) is 0.121. The first-order valence-corrected chi connectivity index (χ1v) is 27.4. The summed E-state index contributed by atoms with van der Waals surface area (Å²) in [7, 11) is 1.73. The van der Waals surface area contributed by atoms with Crippen molar-refractivity contribution < 1.29 is 32.6 Å². The summed E-state index contributed by atoms with van der Waals surface area (Å²) in [5.41, 5.74) is 1.64. The Kier molecular flexibility index (Phi) is 13.6. The lowest BCUT2D eigenvalue weighted by Crippen LogP contribution is -2.54. The molecule has 3 aromatic heterocycles. The van der Waals surface area contributed by atoms with Gasteiger partial charge in [-0.1, -0.05) is 13.0 Å². The fourth-order valence-corrected chi connectivity index (χ4v) is 13.2. The number of benzene rings is 3. The molecule has 2 bridgehead atoms. The number of ether oxygens (including phenoxy) is 1. The molecule has 6 aliphatic heterocycles. The van der Waals surface area contributed by atoms with E-state index in [2.05, 4.69) is 45.1 Å². The van der Waals surface area contributed by atoms with E-state index in [1.807, 2.05) is 25.1 Å². The minimum absolute atomic E-state index is 0.0362. The molecule has 76 heavy (non-hydrogen) atoms. The van der Waals surface area contributed by atoms with Gasteiger partial charge < -0.3 is 29.9 Å². The Morgan fingerprint density at radius 2 is 1.58 bits per heavy atom. The number of hydrogen-bond acceptors (Lipinski definition) is 14. The van der Waals surface area contributed by atoms with Crippen LogP contribution in [-0.2, 0) is 23.1 Å². The number of aryl methyl sites for hydroxylation is 2. The van der Waals surface area contributed by atoms with Crippen molar-refractivity contribution in [2.45, 2.75) is 88.5 Å². The summed E-state index contributed by atoms with van der Waals surface area (Å²) >= 11 is 0. The maximum atomic E-state index is 17.1. The second-order valence-corrected chi connectivity index (χ2v) is 22.2. The highest BCUT2D eigenvalue weighted by Crippen LogP contribution is 2.40. The Morgan fingerprint density at radius 3 is 2.32 bits per heavy atom. The molecule has 0 aliphatic carbocycles. The molecule has 9 heterocycles. The molecule has 3 unspecified atom stereocenters. The molecule has 6 fully saturated rings. The van der Waals surface area contributed by atoms with E-state index in [1.54, 1.807) is 29.9 Å². The predicted octanol–water partition coefficient (Wildman–Crippen LogP) is 5.68. The Balaban J connectivity index is 0.634. The normalized spacial score (nSPS) is 23.1. The summed E-state index contributed by atoms with van der Waals surface area (Å²) < 4.78 is 58.1. The molecule has 3 aromatic carbocycles. The molecule has 6 aliphatic rings. The molecule has 12 rings (SSSR count). The molecular weight excluding hydrogens is 978 g/mol. The van der Waals surface area contributed by atoms with Gasteiger partial charge in [0.05, 0.1) is 16.4 Å². The number of imidazole rings is 1. The molecule has 402 valence electrons. The Morgan fingerprint density at radius 1 is 0.829 bits per heavy atom. The van der Waals surface area contributed by atoms with Gasteiger partial charge in [-0.15, -0.1) is 0 Å². The zero-order valence-electron chi connectivity index (χ0n) is 43.4. The molecule has 17 nitrogen and oxygen atoms in total. The average Bonchev–Trinajstić information content (AvgIpc) is 3.95. The van der Waals surface area contributed by atoms with Crippen LogP contribution in [0.25, 0.3) is 44.0 Å². The maximum Gasteiger partial charge on any atom is 0.329 e. The molecule has 0 saturated carbocycles. The lowest BCUT2D eigenvalue weighted by atomic mass is 9.92. The Hall–Kier alpha value is -6.35. The van der Waals surface area contributed by atoms with Gasteiger partial charge in [-0.05, 0) is 110 Å². The summed E-state index contributed by atoms with van der Waals surface area (Å²) in [5, 5.41) is 18.3. The van der Waals surface area contributed by atoms with Crippen LogP contribution in [0.15, 0.2) is 53.5 Å². The number of imide groups is 1. The lowest BCUT2D eigenvalue weighted by Gasteiger charge is -2.43. The number of likely N-dealkylation sites (tertiary alicyclic amines) is 1. The topological polar surface area (TPSA) is 169 Å². The number of fused-ring (bicyclic) bond motifs is 5. The fraction of sp³-hybridized carbons (Fsp3) is 0.536. The standard InChI is InChI=1S/C56H67F3N12O5/c1-3-40-43(57)8-4-35-26-39(72)28-41(48(35)40)50-49(58)51-42(29-60-50)52(70-31-36-5-6-37(32-70)61-36)64-54(63-51)76-25-24-66-18-14-56(59,15-19-66)33-68-22-20-67(21-23-68)30-34-12-16-69(17-13-34)38-7-9-44-46(27-38)65(2)55(75)71(44)45-10-11-47(73)62-53(45)74/h4,7-9,26-29,34,36-37,45,61,72H,3,5-6,10-25,30-33H2,1-2H3,(H,62,73,74). The number of nitrogens with zero attached hydrogens (tertiary/aromatic N) is 10. The van der Waals surface area contributed by atoms with Crippen LogP contribution in [-0.4, -0.2) is 165 Å². The number of carbonyl (C=O) groups is 2. The van der Waals surface area contributed by atoms with E-state index in [0.29, 0.717) is 104 Å². The second-order valence-electron chi connectivity index (χ2n) is 22.2. The molecule has 3 N–H and O–H groups in total. The van der Waals surface area contributed by atoms with Gasteiger partial charge in [0, 0.05) is 128 Å². The Bertz CT molecular complexity index is 3260. The number of alkyl halides is 1. The van der Waals surface area contributed by atoms with E-state index in [4.69, 9.17) is 9.72 Å². The van der Waals surface area contributed by atoms with Gasteiger partial charge in [0.1, 0.15) is 46.9 Å². The molecule has 6 aromatic rings. The summed E-state index contributed by atoms with van der Waals surface area (Å²) in [4.78, 5) is 63.4. The van der Waals surface area contributed by atoms with E-state index in [1.165, 1.54) is 16.7 Å². The van der Waals surface area contributed by atoms with Crippen molar-refractivity contribution in [1.82, 2.24) is 49.4 Å². The zero-order valence-corrected chi connectivity index (χ0v) is 43.4. The maximum absolute atomic E-state index is 17.1. The number of aromatic nitrogens is 5. The van der Waals surface area contributed by atoms with Crippen LogP contribution in [0.4, 0.5) is 24.7 Å². The third-order valence-electron chi connectivity index (χ3n) is 17.4. The van der Waals surface area contributed by atoms with Crippen molar-refractivity contribution in [2.75, 3.05) is 101 Å². The molecule has 3 atom stereocenters. The fourth-order valence-electron chi connectivity index (χ4n) is 13.2. The number of halogens is 3. The number of anilines is 2. The first-order chi connectivity index (χ1) is 36.8. The molecule has 2 amide bonds. The summed E-state index contributed by atoms with van der Waals surface area (Å²) in [6, 6.07) is 11.8. The summed E-state index contributed by atoms with van der Waals surface area (Å²) in [6.07, 6.45) is 7.49. The van der Waals surface area contributed by atoms with Gasteiger partial charge in [-0.2, -0.15) is 9.97 Å². The predicted molar refractivity (Wildman–Crippen MR) is 285 cm³/mol. The van der Waals surface area contributed by atoms with Crippen molar-refractivity contribution in [3.05, 3.63) is 76.3 Å². The SMILES string of the molecule is CCc1c(F)ccc2cc(O)cc(-c3ncc4c(N5CC6CCC(C5)N6)nc(OCCN5CCC(F)(CN6CCN(CC7CCN(c8ccc9c(c8)n(C)c(=O)n9C8CCC(=O)NC8=O)CC7)CC6)CC5)nc4c3F)c12. The number of phenols is 1. The highest BCUT2D eigenvalue weighted by Gasteiger charge is 2.39. The first-order valence-electron chi connectivity index (χ1n) is 27.4. The first kappa shape index (κ1) is 50.5. The summed E-state index contributed by atoms with van der Waals surface area (Å²) in [5.74, 6) is -0.838. The molecular formula is C56H67F3N12O5. The third kappa shape index (κ3) is 9.74. The van der Waals surface area contributed by atoms with Crippen LogP contribution in [0.3, 0.4) is 0 Å². The van der Waals surface area contributed by atoms with Gasteiger partial charge in [0.25, 0.3) is 0 Å². The van der Waals surface area contributed by atoms with Crippen molar-refractivity contribution in [3.63, 3.8) is 0 Å². The number of rotatable bonds is 13. The van der Waals surface area contributed by atoms with Crippen LogP contribution in [0.5, 0.6) is 11.8 Å². The minimum Gasteiger partial charge on any atom is -0.508 e. The number of pyridine rings is 1. The van der Waals surface area contributed by atoms with Crippen LogP contribution in [0, 0.1) is 17.6 Å². The largest absolute Gasteiger partial charge is 0.508 e. The van der Waals surface area contributed by atoms with Gasteiger partial charge in [0.2, 0.25) is 11.8 Å². The smallest absolute Gasteiger partial charge is 0.329 e. The van der Waals surface area contributed by atoms with E-state index in [9.17, 15) is 19.5 Å². The van der Waals surface area contributed by atoms with Crippen LogP contribution >= 0.6 is 0 Å². The Labute approximate surface area is 439 Å². The zero-order chi connectivity index (χ0) is 52.4. The number of piperidine rings is 3. The van der Waals surface area contributed by atoms with E-state index < -0.39 is 29.3 Å². The van der Waals surface area contributed by atoms with Crippen molar-refractivity contribution >= 4 is 56.0 Å². The molecule has 0 spiro atoms. The molecule has 20 heteroatoms. The third-order valence-corrected chi connectivity index (χ3v) is 17.4. The van der Waals surface area contributed by atoms with E-state index >= 15 is 13.2 Å². The van der Waals surface area contributed by atoms with E-state index in [0.717, 1.165) is 82.7 Å². The highest BCUT2D eigenvalue weighted by molar-refractivity contribution is 6.02. The number of phenolic OH excluding ortho intramolecular Hbond substituents is 1. The molecule has 0 radical (unpaired) electrons. The monoisotopic (exact) mass is 1040 g/mol. The number of hydrogen-bond donors (Lipinski definition) is 3. The minimum atomic E-state index is -1.28. The van der Waals surface area contributed by atoms with Gasteiger partial charge in [-0.25, -0.2) is 18.0 Å². The summed E-state index contributed by atoms with van der Waals surface area (Å²) in [6.45, 7) is 11.9. The van der Waals surface area contributed by atoms with Crippen LogP contribution < -0.4 is 30.9 Å². The van der Waals surface area contributed by atoms with Crippen LogP contribution in [0.1, 0.15) is 69.9 Å². The van der Waals surface area contributed by atoms with Crippen molar-refractivity contribution in [2.24, 2.45) is 13.0 Å². The second kappa shape index (κ2) is 20.5. The van der Waals surface area contributed by atoms with Crippen LogP contribution in [0.2, 0.25) is 0 Å². The van der Waals surface area contributed by atoms with Crippen molar-refractivity contribution in [3.8, 4) is 23.0 Å². The number of amides is 2. The van der Waals surface area contributed by atoms with Gasteiger partial charge in [-0.3, -0.25) is 38.8 Å². The van der Waals surface area contributed by atoms with Gasteiger partial charge >= 0.3 is 11.7 Å². The lowest BCUT2D eigenvalue weighted by molar-refractivity contribution is -0.135. The average molecular weight is 1050 g/mol. The van der Waals surface area contributed by atoms with Crippen molar-refractivity contribution in [1.29, 1.82) is 0 Å². The number of nitrogens with one attached hydrogen (secondary N) is 2. The number of aromatic hydroxyl groups is 1.